The average Bonchev–Trinajstić information content (AvgIpc) is 0.763. The number of nitro benzene ring substituents is 4. The molecule has 45 nitrogen and oxygen atoms in total. The number of piperidine rings is 3. The van der Waals surface area contributed by atoms with Crippen molar-refractivity contribution in [2.45, 2.75) is 79.8 Å². The van der Waals surface area contributed by atoms with Gasteiger partial charge >= 0.3 is 17.9 Å². The number of sulfonamides is 2. The minimum atomic E-state index is -4.83. The van der Waals surface area contributed by atoms with Crippen LogP contribution in [0.3, 0.4) is 0 Å². The topological polar surface area (TPSA) is 717 Å². The molecule has 4 unspecified atom stereocenters. The van der Waals surface area contributed by atoms with Gasteiger partial charge in [-0.15, -0.1) is 0 Å². The van der Waals surface area contributed by atoms with Gasteiger partial charge in [-0.05, 0) is 147 Å². The molecule has 808 valence electrons. The first-order valence-corrected chi connectivity index (χ1v) is 52.3. The molecule has 3 aliphatic rings. The smallest absolute Gasteiger partial charge is 0.335 e. The zero-order valence-corrected chi connectivity index (χ0v) is 86.2. The van der Waals surface area contributed by atoms with E-state index in [4.69, 9.17) is 165 Å². The van der Waals surface area contributed by atoms with Crippen LogP contribution >= 0.6 is 137 Å². The molecule has 9 aromatic carbocycles. The van der Waals surface area contributed by atoms with Crippen LogP contribution in [0.15, 0.2) is 170 Å². The van der Waals surface area contributed by atoms with Gasteiger partial charge in [0.25, 0.3) is 85.4 Å². The van der Waals surface area contributed by atoms with Gasteiger partial charge in [0.1, 0.15) is 92.4 Å². The molecule has 12 rings (SSSR count). The molecule has 0 radical (unpaired) electrons. The van der Waals surface area contributed by atoms with Crippen molar-refractivity contribution >= 4 is 276 Å². The molecule has 148 heavy (non-hydrogen) atoms. The van der Waals surface area contributed by atoms with Crippen LogP contribution in [-0.2, 0) is 62.3 Å². The highest BCUT2D eigenvalue weighted by Gasteiger charge is 2.50. The predicted molar refractivity (Wildman–Crippen MR) is 514 cm³/mol. The lowest BCUT2D eigenvalue weighted by molar-refractivity contribution is -0.385. The van der Waals surface area contributed by atoms with E-state index in [-0.39, 0.29) is 54.7 Å². The van der Waals surface area contributed by atoms with Gasteiger partial charge in [0.05, 0.1) is 88.0 Å². The second-order valence-electron chi connectivity index (χ2n) is 28.3. The molecule has 0 saturated carbocycles. The van der Waals surface area contributed by atoms with Crippen LogP contribution in [0.25, 0.3) is 0 Å². The van der Waals surface area contributed by atoms with E-state index in [2.05, 4.69) is 36.9 Å². The maximum Gasteiger partial charge on any atom is 0.335 e. The zero-order valence-electron chi connectivity index (χ0n) is 72.3. The number of nitro groups is 4. The van der Waals surface area contributed by atoms with Crippen LogP contribution in [0.1, 0.15) is 81.4 Å². The predicted octanol–water partition coefficient (Wildman–Crippen LogP) is 15.9. The number of carbonyl (C=O) groups is 6. The number of nitrogen functional groups attached to an aromatic ring is 1. The summed E-state index contributed by atoms with van der Waals surface area (Å²) in [6.45, 7) is -3.69. The Balaban J connectivity index is 0.000000370. The number of anilines is 4. The molecular weight excluding hydrogens is 2400 g/mol. The number of nitrogens with zero attached hydrogens (tertiary/aromatic N) is 6. The minimum absolute atomic E-state index is 0.0000505. The van der Waals surface area contributed by atoms with Gasteiger partial charge in [0.2, 0.25) is 20.0 Å². The Bertz CT molecular complexity index is 7050. The molecular formula is C76H61Cl12F9N11O34S6-. The number of aliphatic hydroxyl groups excluding tert-OH is 4. The summed E-state index contributed by atoms with van der Waals surface area (Å²) >= 11 is 46.6. The number of hydrogen-bond acceptors (Lipinski definition) is 33. The lowest BCUT2D eigenvalue weighted by atomic mass is 10.1. The maximum absolute atomic E-state index is 13.9. The lowest BCUT2D eigenvalue weighted by Crippen LogP contribution is -2.53. The standard InChI is InChI=1S/C18H14Cl2F3N3O6S.C18H16ClF3N4O6S.C13H6Cl3FN2O5S.C7H3Cl2NO6S.C7H4Cl2O4S.C7H5ClO2.C5H9F2NO.CH4O.ClHO3S/c19-11-7-10(1-2-12(11)21)24-17(28)9-5-13(26(29)30)16(20)14(6-9)33(31,32)25-4-3-15(27)18(22,23)8-25;19-11-7-10(1-2-12(11)20)24-17(28)9-5-13(26(29)30)16(23)14(6-9)33(31,32)25-4-3-15(27)18(21,22)8-25;14-8-5-7(1-2-9(8)17)18-13(20)6-3-10(19(21)22)12(15)11(4-6)25(16,23)24;8-6-4(10(13)14)1-3(7(11)12)2-5(6)17(9,15)16;8-5-2-1-4(7(10)11)3-6(5)14(9,12)13;8-6-3-1-5(2-4-6)7(9)10;6-5(7)3-8-2-1-4(5)9;1-2;1-4-5(2)3/h1-2,5-7,15,27H,3-4,8H2,(H,24,28);1-2,5-7,15,27H,3-4,8,23H2,(H,24,28);1-5H,(H,18,20);1-2H,(H,11,12);1-3H,(H,10,11);1-4H,(H,9,10);4,8-9H,1-3H2;2H,1H3;(H,2,3)/p-1. The molecule has 72 heteroatoms. The van der Waals surface area contributed by atoms with E-state index in [0.717, 1.165) is 73.8 Å². The van der Waals surface area contributed by atoms with E-state index in [0.29, 0.717) is 56.6 Å². The Morgan fingerprint density at radius 3 is 1.01 bits per heavy atom. The van der Waals surface area contributed by atoms with E-state index in [1.165, 1.54) is 30.3 Å². The highest BCUT2D eigenvalue weighted by molar-refractivity contribution is 8.14. The molecule has 0 aromatic heterocycles. The number of benzene rings is 9. The molecule has 3 saturated heterocycles. The average molecular weight is 2460 g/mol. The minimum Gasteiger partial charge on any atom is -0.749 e. The summed E-state index contributed by atoms with van der Waals surface area (Å²) in [5.74, 6) is -19.4. The third-order valence-corrected chi connectivity index (χ3v) is 29.7. The second kappa shape index (κ2) is 55.0. The van der Waals surface area contributed by atoms with E-state index in [1.54, 1.807) is 12.1 Å². The molecule has 3 aliphatic heterocycles. The van der Waals surface area contributed by atoms with Gasteiger partial charge in [0.15, 0.2) is 0 Å². The van der Waals surface area contributed by atoms with E-state index < -0.39 is 303 Å². The first-order chi connectivity index (χ1) is 68.0. The number of rotatable bonds is 21. The molecule has 0 bridgehead atoms. The van der Waals surface area contributed by atoms with E-state index in [1.807, 2.05) is 0 Å². The number of halogens is 21. The largest absolute Gasteiger partial charge is 0.749 e. The van der Waals surface area contributed by atoms with Crippen molar-refractivity contribution in [1.29, 1.82) is 0 Å². The third kappa shape index (κ3) is 37.0. The van der Waals surface area contributed by atoms with Gasteiger partial charge in [-0.2, -0.15) is 12.3 Å². The number of hydrogen-bond donors (Lipinski definition) is 12. The Kier molecular flexibility index (Phi) is 48.3. The fourth-order valence-electron chi connectivity index (χ4n) is 11.2. The molecule has 3 fully saturated rings. The molecule has 0 aliphatic carbocycles. The van der Waals surface area contributed by atoms with Gasteiger partial charge in [-0.25, -0.2) is 100 Å². The van der Waals surface area contributed by atoms with Crippen LogP contribution in [0, 0.1) is 57.9 Å². The normalized spacial score (nSPS) is 15.8. The van der Waals surface area contributed by atoms with Crippen molar-refractivity contribution in [2.24, 2.45) is 0 Å². The number of amides is 3. The molecule has 13 N–H and O–H groups in total. The Labute approximate surface area is 886 Å². The summed E-state index contributed by atoms with van der Waals surface area (Å²) in [7, 11) is -6.27. The van der Waals surface area contributed by atoms with Gasteiger partial charge in [-0.3, -0.25) is 54.8 Å². The summed E-state index contributed by atoms with van der Waals surface area (Å²) < 4.78 is 261. The van der Waals surface area contributed by atoms with Crippen molar-refractivity contribution < 1.29 is 178 Å². The number of nitrogens with two attached hydrogens (primary N) is 1. The van der Waals surface area contributed by atoms with Crippen molar-refractivity contribution in [1.82, 2.24) is 13.9 Å². The zero-order chi connectivity index (χ0) is 113. The fourth-order valence-corrected chi connectivity index (χ4v) is 20.2. The van der Waals surface area contributed by atoms with Gasteiger partial charge < -0.3 is 67.3 Å². The molecule has 3 amide bonds. The SMILES string of the molecule is CO.Nc1c([N+](=O)[O-])cc(C(=O)Nc2ccc(F)c(Cl)c2)cc1S(=O)(=O)N1CCC(O)C(F)(F)C1.O=C(Nc1ccc(F)c(Cl)c1)c1cc([N+](=O)[O-])c(Cl)c(S(=O)(=O)Cl)c1.O=C(Nc1ccc(F)c(Cl)c1)c1cc([N+](=O)[O-])c(Cl)c(S(=O)(=O)N2CCC(O)C(F)(F)C2)c1.O=C(O)c1cc([N+](=O)[O-])c(Cl)c(S(=O)(=O)Cl)c1.O=C(O)c1ccc(Cl)c(S(=O)(=O)Cl)c1.O=C(O)c1ccc(Cl)cc1.O=S([O-])OCl.OC1CCNCC1(F)F. The number of aromatic carboxylic acids is 3. The van der Waals surface area contributed by atoms with E-state index >= 15 is 0 Å². The fraction of sp³-hybridized carbons (Fsp3) is 0.211. The van der Waals surface area contributed by atoms with Crippen LogP contribution in [0.5, 0.6) is 0 Å². The van der Waals surface area contributed by atoms with Crippen LogP contribution in [-0.4, -0.2) is 233 Å². The summed E-state index contributed by atoms with van der Waals surface area (Å²) in [5, 5.41) is 111. The molecule has 3 heterocycles. The Morgan fingerprint density at radius 2 is 0.716 bits per heavy atom. The van der Waals surface area contributed by atoms with Crippen LogP contribution in [0.4, 0.5) is 85.0 Å². The highest BCUT2D eigenvalue weighted by Crippen LogP contribution is 2.43. The summed E-state index contributed by atoms with van der Waals surface area (Å²) in [6.07, 6.45) is -6.59. The van der Waals surface area contributed by atoms with Crippen LogP contribution in [0.2, 0.25) is 40.2 Å². The number of alkyl halides is 6. The van der Waals surface area contributed by atoms with E-state index in [9.17, 15) is 161 Å². The molecule has 9 aromatic rings. The van der Waals surface area contributed by atoms with Crippen molar-refractivity contribution in [2.75, 3.05) is 68.1 Å². The third-order valence-electron chi connectivity index (χ3n) is 18.4. The second-order valence-corrected chi connectivity index (χ2v) is 43.8. The monoisotopic (exact) mass is 2450 g/mol. The van der Waals surface area contributed by atoms with Crippen molar-refractivity contribution in [3.63, 3.8) is 0 Å². The maximum atomic E-state index is 13.9. The summed E-state index contributed by atoms with van der Waals surface area (Å²) in [5.41, 5.74) is -0.649. The van der Waals surface area contributed by atoms with Crippen molar-refractivity contribution in [3.05, 3.63) is 277 Å². The Morgan fingerprint density at radius 1 is 0.426 bits per heavy atom. The lowest BCUT2D eigenvalue weighted by Gasteiger charge is -2.35. The quantitative estimate of drug-likeness (QED) is 0.00794. The number of carboxylic acid groups (broad SMARTS) is 3. The number of carbonyl (C=O) groups excluding carboxylic acids is 3. The van der Waals surface area contributed by atoms with Gasteiger partial charge in [-0.1, -0.05) is 92.8 Å². The highest BCUT2D eigenvalue weighted by atomic mass is 35.7. The van der Waals surface area contributed by atoms with Crippen molar-refractivity contribution in [3.8, 4) is 0 Å². The molecule has 4 atom stereocenters. The first kappa shape index (κ1) is 130. The molecule has 0 spiro atoms. The first-order valence-electron chi connectivity index (χ1n) is 38.2. The number of aliphatic hydroxyl groups is 4. The van der Waals surface area contributed by atoms with Gasteiger partial charge in [0, 0.05) is 115 Å². The van der Waals surface area contributed by atoms with Crippen LogP contribution < -0.4 is 27.0 Å². The number of nitrogens with one attached hydrogen (secondary N) is 4. The summed E-state index contributed by atoms with van der Waals surface area (Å²) in [6, 6.07) is 24.6. The Hall–Kier alpha value is -10.4. The number of carboxylic acids is 3. The summed E-state index contributed by atoms with van der Waals surface area (Å²) in [4.78, 5) is 105.